The summed E-state index contributed by atoms with van der Waals surface area (Å²) in [7, 11) is 0. The van der Waals surface area contributed by atoms with E-state index in [-0.39, 0.29) is 25.7 Å². The number of amides is 1. The number of esters is 1. The monoisotopic (exact) mass is 595 g/mol. The fourth-order valence-corrected chi connectivity index (χ4v) is 5.07. The lowest BCUT2D eigenvalue weighted by molar-refractivity contribution is -0.276. The van der Waals surface area contributed by atoms with Crippen molar-refractivity contribution >= 4 is 11.9 Å². The molecule has 5 rings (SSSR count). The molecule has 1 heterocycles. The molecule has 5 atom stereocenters. The molecule has 1 N–H and O–H groups in total. The van der Waals surface area contributed by atoms with Crippen LogP contribution in [-0.2, 0) is 48.3 Å². The van der Waals surface area contributed by atoms with E-state index in [0.29, 0.717) is 12.2 Å². The lowest BCUT2D eigenvalue weighted by atomic mass is 9.95. The number of ether oxygens (including phenoxy) is 5. The smallest absolute Gasteiger partial charge is 0.340 e. The summed E-state index contributed by atoms with van der Waals surface area (Å²) < 4.78 is 31.5. The number of hydrogen-bond acceptors (Lipinski definition) is 7. The average Bonchev–Trinajstić information content (AvgIpc) is 3.06. The molecule has 4 aromatic rings. The zero-order chi connectivity index (χ0) is 30.6. The van der Waals surface area contributed by atoms with Crippen LogP contribution in [0.4, 0.5) is 0 Å². The lowest BCUT2D eigenvalue weighted by Crippen LogP contribution is -2.66. The molecular weight excluding hydrogens is 558 g/mol. The quantitative estimate of drug-likeness (QED) is 0.205. The van der Waals surface area contributed by atoms with Gasteiger partial charge in [0.1, 0.15) is 24.4 Å². The average molecular weight is 596 g/mol. The summed E-state index contributed by atoms with van der Waals surface area (Å²) in [5.41, 5.74) is 3.27. The fourth-order valence-electron chi connectivity index (χ4n) is 5.07. The Labute approximate surface area is 257 Å². The molecule has 1 fully saturated rings. The van der Waals surface area contributed by atoms with Crippen LogP contribution < -0.4 is 5.32 Å². The molecule has 5 unspecified atom stereocenters. The van der Waals surface area contributed by atoms with Crippen LogP contribution in [0.3, 0.4) is 0 Å². The minimum Gasteiger partial charge on any atom is -0.430 e. The largest absolute Gasteiger partial charge is 0.430 e. The lowest BCUT2D eigenvalue weighted by Gasteiger charge is -2.45. The molecule has 1 amide bonds. The molecule has 1 saturated heterocycles. The zero-order valence-electron chi connectivity index (χ0n) is 24.6. The van der Waals surface area contributed by atoms with Gasteiger partial charge >= 0.3 is 5.97 Å². The maximum absolute atomic E-state index is 13.2. The summed E-state index contributed by atoms with van der Waals surface area (Å²) in [5, 5.41) is 2.92. The van der Waals surface area contributed by atoms with Gasteiger partial charge in [0.2, 0.25) is 12.2 Å². The zero-order valence-corrected chi connectivity index (χ0v) is 24.6. The van der Waals surface area contributed by atoms with Crippen molar-refractivity contribution in [2.24, 2.45) is 0 Å². The van der Waals surface area contributed by atoms with Crippen LogP contribution in [0.2, 0.25) is 0 Å². The van der Waals surface area contributed by atoms with Crippen molar-refractivity contribution in [2.75, 3.05) is 6.61 Å². The molecule has 44 heavy (non-hydrogen) atoms. The van der Waals surface area contributed by atoms with E-state index in [1.165, 1.54) is 6.92 Å². The van der Waals surface area contributed by atoms with E-state index in [1.54, 1.807) is 24.3 Å². The third kappa shape index (κ3) is 8.84. The van der Waals surface area contributed by atoms with Crippen molar-refractivity contribution in [3.63, 3.8) is 0 Å². The van der Waals surface area contributed by atoms with E-state index in [0.717, 1.165) is 16.7 Å². The highest BCUT2D eigenvalue weighted by Crippen LogP contribution is 2.30. The van der Waals surface area contributed by atoms with E-state index in [2.05, 4.69) is 5.32 Å². The van der Waals surface area contributed by atoms with Crippen molar-refractivity contribution in [1.29, 1.82) is 0 Å². The second-order valence-electron chi connectivity index (χ2n) is 10.6. The van der Waals surface area contributed by atoms with Crippen molar-refractivity contribution in [3.8, 4) is 0 Å². The molecule has 8 heteroatoms. The molecule has 1 aliphatic heterocycles. The van der Waals surface area contributed by atoms with Crippen molar-refractivity contribution in [3.05, 3.63) is 144 Å². The van der Waals surface area contributed by atoms with E-state index < -0.39 is 36.6 Å². The normalized spacial score (nSPS) is 21.3. The van der Waals surface area contributed by atoms with Crippen LogP contribution in [0, 0.1) is 0 Å². The van der Waals surface area contributed by atoms with Gasteiger partial charge < -0.3 is 29.0 Å². The van der Waals surface area contributed by atoms with Gasteiger partial charge in [-0.1, -0.05) is 109 Å². The summed E-state index contributed by atoms with van der Waals surface area (Å²) in [6.45, 7) is 2.40. The molecule has 0 aromatic heterocycles. The molecule has 0 spiro atoms. The van der Waals surface area contributed by atoms with E-state index in [9.17, 15) is 9.59 Å². The van der Waals surface area contributed by atoms with Gasteiger partial charge in [-0.25, -0.2) is 4.79 Å². The summed E-state index contributed by atoms with van der Waals surface area (Å²) in [6, 6.07) is 37.1. The number of benzene rings is 4. The topological polar surface area (TPSA) is 92.3 Å². The number of nitrogens with one attached hydrogen (secondary N) is 1. The Morgan fingerprint density at radius 3 is 1.66 bits per heavy atom. The minimum atomic E-state index is -1.17. The Kier molecular flexibility index (Phi) is 11.3. The van der Waals surface area contributed by atoms with Gasteiger partial charge in [-0.2, -0.15) is 0 Å². The standard InChI is InChI=1S/C36H37NO7/c1-26(38)37-32-34(42-24-29-18-10-4-11-19-29)33(41-23-28-16-8-3-9-17-28)31(25-40-22-27-14-6-2-7-15-27)43-36(32)44-35(39)30-20-12-5-13-21-30/h2-21,31-34,36H,22-25H2,1H3,(H,37,38). The molecule has 8 nitrogen and oxygen atoms in total. The maximum atomic E-state index is 13.2. The Bertz CT molecular complexity index is 1440. The molecule has 0 saturated carbocycles. The Balaban J connectivity index is 1.44. The van der Waals surface area contributed by atoms with E-state index >= 15 is 0 Å². The van der Waals surface area contributed by atoms with E-state index in [1.807, 2.05) is 97.1 Å². The van der Waals surface area contributed by atoms with E-state index in [4.69, 9.17) is 23.7 Å². The highest BCUT2D eigenvalue weighted by molar-refractivity contribution is 5.89. The maximum Gasteiger partial charge on any atom is 0.340 e. The summed E-state index contributed by atoms with van der Waals surface area (Å²) in [6.07, 6.45) is -3.30. The van der Waals surface area contributed by atoms with Gasteiger partial charge in [-0.3, -0.25) is 4.79 Å². The number of rotatable bonds is 13. The van der Waals surface area contributed by atoms with Gasteiger partial charge in [-0.05, 0) is 28.8 Å². The first kappa shape index (κ1) is 31.1. The van der Waals surface area contributed by atoms with Gasteiger partial charge in [0.25, 0.3) is 0 Å². The highest BCUT2D eigenvalue weighted by Gasteiger charge is 2.50. The SMILES string of the molecule is CC(=O)NC1C(OC(=O)c2ccccc2)OC(COCc2ccccc2)C(OCc2ccccc2)C1OCc1ccccc1. The number of carbonyl (C=O) groups excluding carboxylic acids is 2. The van der Waals surface area contributed by atoms with Crippen molar-refractivity contribution < 1.29 is 33.3 Å². The van der Waals surface area contributed by atoms with Crippen molar-refractivity contribution in [1.82, 2.24) is 5.32 Å². The second kappa shape index (κ2) is 15.9. The molecule has 0 aliphatic carbocycles. The van der Waals surface area contributed by atoms with Crippen LogP contribution in [-0.4, -0.2) is 49.1 Å². The molecule has 1 aliphatic rings. The Morgan fingerprint density at radius 1 is 0.659 bits per heavy atom. The fraction of sp³-hybridized carbons (Fsp3) is 0.278. The molecule has 0 bridgehead atoms. The Morgan fingerprint density at radius 2 is 1.14 bits per heavy atom. The first-order valence-electron chi connectivity index (χ1n) is 14.7. The van der Waals surface area contributed by atoms with Gasteiger partial charge in [0.05, 0.1) is 32.0 Å². The van der Waals surface area contributed by atoms with Crippen LogP contribution in [0.15, 0.2) is 121 Å². The summed E-state index contributed by atoms with van der Waals surface area (Å²) in [5.74, 6) is -0.909. The highest BCUT2D eigenvalue weighted by atomic mass is 16.7. The van der Waals surface area contributed by atoms with Crippen LogP contribution in [0.25, 0.3) is 0 Å². The molecule has 228 valence electrons. The third-order valence-electron chi connectivity index (χ3n) is 7.21. The van der Waals surface area contributed by atoms with Gasteiger partial charge in [0.15, 0.2) is 0 Å². The van der Waals surface area contributed by atoms with Crippen molar-refractivity contribution in [2.45, 2.75) is 57.4 Å². The third-order valence-corrected chi connectivity index (χ3v) is 7.21. The van der Waals surface area contributed by atoms with Gasteiger partial charge in [0, 0.05) is 6.92 Å². The summed E-state index contributed by atoms with van der Waals surface area (Å²) in [4.78, 5) is 25.7. The predicted molar refractivity (Wildman–Crippen MR) is 164 cm³/mol. The first-order chi connectivity index (χ1) is 21.6. The Hall–Kier alpha value is -4.34. The predicted octanol–water partition coefficient (Wildman–Crippen LogP) is 5.46. The summed E-state index contributed by atoms with van der Waals surface area (Å²) >= 11 is 0. The number of hydrogen-bond donors (Lipinski definition) is 1. The molecule has 0 radical (unpaired) electrons. The molecular formula is C36H37NO7. The van der Waals surface area contributed by atoms with Crippen LogP contribution in [0.1, 0.15) is 34.0 Å². The van der Waals surface area contributed by atoms with Crippen LogP contribution in [0.5, 0.6) is 0 Å². The number of carbonyl (C=O) groups is 2. The minimum absolute atomic E-state index is 0.131. The first-order valence-corrected chi connectivity index (χ1v) is 14.7. The molecule has 4 aromatic carbocycles. The second-order valence-corrected chi connectivity index (χ2v) is 10.6. The van der Waals surface area contributed by atoms with Crippen LogP contribution >= 0.6 is 0 Å². The van der Waals surface area contributed by atoms with Gasteiger partial charge in [-0.15, -0.1) is 0 Å².